The normalized spacial score (nSPS) is 18.0. The van der Waals surface area contributed by atoms with Gasteiger partial charge in [-0.1, -0.05) is 37.5 Å². The van der Waals surface area contributed by atoms with E-state index in [1.165, 1.54) is 32.1 Å². The van der Waals surface area contributed by atoms with E-state index in [9.17, 15) is 4.91 Å². The zero-order chi connectivity index (χ0) is 9.80. The first kappa shape index (κ1) is 9.38. The van der Waals surface area contributed by atoms with Crippen molar-refractivity contribution in [2.45, 2.75) is 38.0 Å². The van der Waals surface area contributed by atoms with Crippen molar-refractivity contribution in [3.63, 3.8) is 0 Å². The summed E-state index contributed by atoms with van der Waals surface area (Å²) in [6.45, 7) is 0. The summed E-state index contributed by atoms with van der Waals surface area (Å²) in [5.41, 5.74) is 1.79. The fourth-order valence-electron chi connectivity index (χ4n) is 2.33. The summed E-state index contributed by atoms with van der Waals surface area (Å²) in [6, 6.07) is 7.74. The van der Waals surface area contributed by atoms with E-state index < -0.39 is 0 Å². The number of hydrogen-bond donors (Lipinski definition) is 0. The molecule has 0 saturated heterocycles. The molecule has 0 spiro atoms. The zero-order valence-corrected chi connectivity index (χ0v) is 8.28. The molecule has 2 rings (SSSR count). The fraction of sp³-hybridized carbons (Fsp3) is 0.500. The van der Waals surface area contributed by atoms with Gasteiger partial charge in [0, 0.05) is 0 Å². The molecule has 0 unspecified atom stereocenters. The van der Waals surface area contributed by atoms with Crippen LogP contribution in [0.5, 0.6) is 0 Å². The van der Waals surface area contributed by atoms with Crippen LogP contribution in [-0.2, 0) is 0 Å². The molecule has 0 heterocycles. The average molecular weight is 189 g/mol. The van der Waals surface area contributed by atoms with Crippen LogP contribution >= 0.6 is 0 Å². The zero-order valence-electron chi connectivity index (χ0n) is 8.28. The lowest BCUT2D eigenvalue weighted by molar-refractivity contribution is 0.444. The summed E-state index contributed by atoms with van der Waals surface area (Å²) in [4.78, 5) is 10.6. The molecule has 0 aromatic heterocycles. The second-order valence-corrected chi connectivity index (χ2v) is 3.99. The van der Waals surface area contributed by atoms with Crippen molar-refractivity contribution in [3.05, 3.63) is 34.7 Å². The lowest BCUT2D eigenvalue weighted by Gasteiger charge is -2.22. The van der Waals surface area contributed by atoms with Gasteiger partial charge >= 0.3 is 0 Å². The van der Waals surface area contributed by atoms with Crippen LogP contribution in [0.4, 0.5) is 5.69 Å². The minimum absolute atomic E-state index is 0.567. The molecule has 2 heteroatoms. The highest BCUT2D eigenvalue weighted by atomic mass is 16.3. The third kappa shape index (κ3) is 1.84. The second kappa shape index (κ2) is 4.36. The number of hydrogen-bond acceptors (Lipinski definition) is 2. The van der Waals surface area contributed by atoms with E-state index in [4.69, 9.17) is 0 Å². The molecule has 0 radical (unpaired) electrons. The predicted octanol–water partition coefficient (Wildman–Crippen LogP) is 4.13. The van der Waals surface area contributed by atoms with Gasteiger partial charge in [-0.05, 0) is 35.6 Å². The minimum Gasteiger partial charge on any atom is -0.145 e. The molecule has 0 N–H and O–H groups in total. The monoisotopic (exact) mass is 189 g/mol. The quantitative estimate of drug-likeness (QED) is 0.643. The van der Waals surface area contributed by atoms with Crippen molar-refractivity contribution in [2.24, 2.45) is 5.18 Å². The van der Waals surface area contributed by atoms with Crippen LogP contribution in [-0.4, -0.2) is 0 Å². The minimum atomic E-state index is 0.567. The Morgan fingerprint density at radius 2 is 1.79 bits per heavy atom. The highest BCUT2D eigenvalue weighted by Crippen LogP contribution is 2.37. The van der Waals surface area contributed by atoms with Crippen LogP contribution in [0.3, 0.4) is 0 Å². The Hall–Kier alpha value is -1.18. The van der Waals surface area contributed by atoms with Gasteiger partial charge in [0.25, 0.3) is 0 Å². The SMILES string of the molecule is O=Nc1ccccc1C1CCCCC1. The molecule has 1 aliphatic rings. The van der Waals surface area contributed by atoms with Crippen LogP contribution in [0.2, 0.25) is 0 Å². The van der Waals surface area contributed by atoms with Crippen molar-refractivity contribution in [1.82, 2.24) is 0 Å². The lowest BCUT2D eigenvalue weighted by Crippen LogP contribution is -2.04. The molecule has 74 valence electrons. The van der Waals surface area contributed by atoms with Gasteiger partial charge in [-0.25, -0.2) is 0 Å². The van der Waals surface area contributed by atoms with E-state index in [-0.39, 0.29) is 0 Å². The van der Waals surface area contributed by atoms with Crippen molar-refractivity contribution < 1.29 is 0 Å². The molecular formula is C12H15NO. The van der Waals surface area contributed by atoms with Crippen molar-refractivity contribution in [2.75, 3.05) is 0 Å². The first-order valence-corrected chi connectivity index (χ1v) is 5.34. The van der Waals surface area contributed by atoms with E-state index in [1.807, 2.05) is 24.3 Å². The summed E-state index contributed by atoms with van der Waals surface area (Å²) in [5, 5.41) is 3.10. The van der Waals surface area contributed by atoms with Crippen LogP contribution in [0, 0.1) is 4.91 Å². The first-order valence-electron chi connectivity index (χ1n) is 5.34. The molecule has 14 heavy (non-hydrogen) atoms. The van der Waals surface area contributed by atoms with Crippen LogP contribution in [0.25, 0.3) is 0 Å². The van der Waals surface area contributed by atoms with Crippen molar-refractivity contribution in [1.29, 1.82) is 0 Å². The molecule has 0 bridgehead atoms. The predicted molar refractivity (Wildman–Crippen MR) is 57.7 cm³/mol. The summed E-state index contributed by atoms with van der Waals surface area (Å²) in [6.07, 6.45) is 6.35. The molecule has 1 saturated carbocycles. The highest BCUT2D eigenvalue weighted by molar-refractivity contribution is 5.47. The Balaban J connectivity index is 2.24. The van der Waals surface area contributed by atoms with Gasteiger partial charge in [-0.3, -0.25) is 0 Å². The Bertz CT molecular complexity index is 316. The lowest BCUT2D eigenvalue weighted by atomic mass is 9.83. The second-order valence-electron chi connectivity index (χ2n) is 3.99. The van der Waals surface area contributed by atoms with Gasteiger partial charge in [0.05, 0.1) is 0 Å². The van der Waals surface area contributed by atoms with Gasteiger partial charge in [-0.15, -0.1) is 4.91 Å². The van der Waals surface area contributed by atoms with E-state index in [0.717, 1.165) is 5.56 Å². The Labute approximate surface area is 84.3 Å². The smallest absolute Gasteiger partial charge is 0.111 e. The summed E-state index contributed by atoms with van der Waals surface area (Å²) < 4.78 is 0. The number of rotatable bonds is 2. The van der Waals surface area contributed by atoms with E-state index in [0.29, 0.717) is 11.6 Å². The van der Waals surface area contributed by atoms with Crippen molar-refractivity contribution in [3.8, 4) is 0 Å². The van der Waals surface area contributed by atoms with Crippen LogP contribution < -0.4 is 0 Å². The molecule has 1 aromatic carbocycles. The van der Waals surface area contributed by atoms with Gasteiger partial charge in [0.15, 0.2) is 0 Å². The molecule has 1 fully saturated rings. The molecule has 2 nitrogen and oxygen atoms in total. The maximum atomic E-state index is 10.6. The summed E-state index contributed by atoms with van der Waals surface area (Å²) in [5.74, 6) is 0.567. The van der Waals surface area contributed by atoms with Crippen LogP contribution in [0.1, 0.15) is 43.6 Å². The summed E-state index contributed by atoms with van der Waals surface area (Å²) >= 11 is 0. The van der Waals surface area contributed by atoms with Crippen molar-refractivity contribution >= 4 is 5.69 Å². The number of nitroso groups, excluding NO2 is 1. The van der Waals surface area contributed by atoms with E-state index in [1.54, 1.807) is 0 Å². The molecule has 1 aromatic rings. The molecule has 0 atom stereocenters. The maximum Gasteiger partial charge on any atom is 0.111 e. The Kier molecular flexibility index (Phi) is 2.92. The first-order chi connectivity index (χ1) is 6.92. The molecule has 0 aliphatic heterocycles. The van der Waals surface area contributed by atoms with Gasteiger partial charge in [0.1, 0.15) is 5.69 Å². The van der Waals surface area contributed by atoms with Crippen LogP contribution in [0.15, 0.2) is 29.4 Å². The maximum absolute atomic E-state index is 10.6. The third-order valence-corrected chi connectivity index (χ3v) is 3.08. The largest absolute Gasteiger partial charge is 0.145 e. The highest BCUT2D eigenvalue weighted by Gasteiger charge is 2.18. The standard InChI is InChI=1S/C12H15NO/c14-13-12-9-5-4-8-11(12)10-6-2-1-3-7-10/h4-5,8-10H,1-3,6-7H2. The molecule has 1 aliphatic carbocycles. The van der Waals surface area contributed by atoms with Gasteiger partial charge in [0.2, 0.25) is 0 Å². The van der Waals surface area contributed by atoms with Gasteiger partial charge in [-0.2, -0.15) is 0 Å². The molecule has 0 amide bonds. The fourth-order valence-corrected chi connectivity index (χ4v) is 2.33. The van der Waals surface area contributed by atoms with Gasteiger partial charge < -0.3 is 0 Å². The number of benzene rings is 1. The Morgan fingerprint density at radius 1 is 1.07 bits per heavy atom. The van der Waals surface area contributed by atoms with E-state index >= 15 is 0 Å². The Morgan fingerprint density at radius 3 is 2.50 bits per heavy atom. The third-order valence-electron chi connectivity index (χ3n) is 3.08. The topological polar surface area (TPSA) is 29.4 Å². The number of nitrogens with zero attached hydrogens (tertiary/aromatic N) is 1. The summed E-state index contributed by atoms with van der Waals surface area (Å²) in [7, 11) is 0. The average Bonchev–Trinajstić information content (AvgIpc) is 2.30. The van der Waals surface area contributed by atoms with E-state index in [2.05, 4.69) is 5.18 Å². The molecular weight excluding hydrogens is 174 g/mol.